The SMILES string of the molecule is COc1ccc(N2CO[C@@H]3c4cccc5cccc(c45)[C@H]32)cc1. The van der Waals surface area contributed by atoms with Gasteiger partial charge in [0.15, 0.2) is 0 Å². The Morgan fingerprint density at radius 1 is 0.957 bits per heavy atom. The fourth-order valence-electron chi connectivity index (χ4n) is 3.98. The maximum atomic E-state index is 6.17. The summed E-state index contributed by atoms with van der Waals surface area (Å²) in [6, 6.07) is 21.6. The summed E-state index contributed by atoms with van der Waals surface area (Å²) < 4.78 is 11.4. The van der Waals surface area contributed by atoms with Crippen molar-refractivity contribution in [3.63, 3.8) is 0 Å². The average Bonchev–Trinajstić information content (AvgIpc) is 3.17. The van der Waals surface area contributed by atoms with Crippen molar-refractivity contribution in [2.75, 3.05) is 18.7 Å². The van der Waals surface area contributed by atoms with Gasteiger partial charge in [0.25, 0.3) is 0 Å². The molecule has 1 fully saturated rings. The molecule has 1 aliphatic carbocycles. The van der Waals surface area contributed by atoms with Gasteiger partial charge in [0, 0.05) is 5.69 Å². The third-order valence-electron chi connectivity index (χ3n) is 5.01. The fraction of sp³-hybridized carbons (Fsp3) is 0.200. The van der Waals surface area contributed by atoms with Gasteiger partial charge in [-0.25, -0.2) is 0 Å². The van der Waals surface area contributed by atoms with Gasteiger partial charge in [0.05, 0.1) is 13.2 Å². The standard InChI is InChI=1S/C20H17NO2/c1-22-15-10-8-14(9-11-15)21-12-23-20-17-7-3-5-13-4-2-6-16(18(13)17)19(20)21/h2-11,19-20H,12H2,1H3/t19-,20-/m1/s1. The Morgan fingerprint density at radius 2 is 1.70 bits per heavy atom. The highest BCUT2D eigenvalue weighted by atomic mass is 16.5. The predicted octanol–water partition coefficient (Wildman–Crippen LogP) is 4.44. The van der Waals surface area contributed by atoms with Gasteiger partial charge in [0.1, 0.15) is 18.6 Å². The number of hydrogen-bond acceptors (Lipinski definition) is 3. The van der Waals surface area contributed by atoms with E-state index < -0.39 is 0 Å². The summed E-state index contributed by atoms with van der Waals surface area (Å²) in [5.41, 5.74) is 3.86. The molecule has 0 spiro atoms. The van der Waals surface area contributed by atoms with Crippen LogP contribution in [-0.2, 0) is 4.74 Å². The first-order valence-corrected chi connectivity index (χ1v) is 7.90. The summed E-state index contributed by atoms with van der Waals surface area (Å²) in [6.07, 6.45) is 0.123. The van der Waals surface area contributed by atoms with Gasteiger partial charge in [-0.1, -0.05) is 36.4 Å². The Morgan fingerprint density at radius 3 is 2.43 bits per heavy atom. The summed E-state index contributed by atoms with van der Waals surface area (Å²) >= 11 is 0. The molecule has 0 bridgehead atoms. The predicted molar refractivity (Wildman–Crippen MR) is 90.9 cm³/mol. The van der Waals surface area contributed by atoms with Crippen LogP contribution in [0, 0.1) is 0 Å². The molecule has 3 heteroatoms. The van der Waals surface area contributed by atoms with Gasteiger partial charge in [-0.15, -0.1) is 0 Å². The Bertz CT molecular complexity index is 883. The molecule has 0 N–H and O–H groups in total. The number of ether oxygens (including phenoxy) is 2. The lowest BCUT2D eigenvalue weighted by atomic mass is 10.0. The van der Waals surface area contributed by atoms with Crippen molar-refractivity contribution in [3.05, 3.63) is 71.8 Å². The summed E-state index contributed by atoms with van der Waals surface area (Å²) in [5, 5.41) is 2.66. The van der Waals surface area contributed by atoms with Crippen molar-refractivity contribution in [1.82, 2.24) is 0 Å². The van der Waals surface area contributed by atoms with E-state index in [1.54, 1.807) is 7.11 Å². The summed E-state index contributed by atoms with van der Waals surface area (Å²) in [5.74, 6) is 0.877. The van der Waals surface area contributed by atoms with Gasteiger partial charge in [-0.3, -0.25) is 0 Å². The molecular weight excluding hydrogens is 286 g/mol. The maximum absolute atomic E-state index is 6.17. The zero-order chi connectivity index (χ0) is 15.4. The van der Waals surface area contributed by atoms with Gasteiger partial charge >= 0.3 is 0 Å². The monoisotopic (exact) mass is 303 g/mol. The Hall–Kier alpha value is -2.52. The molecule has 0 aromatic heterocycles. The smallest absolute Gasteiger partial charge is 0.120 e. The number of hydrogen-bond donors (Lipinski definition) is 0. The maximum Gasteiger partial charge on any atom is 0.120 e. The highest BCUT2D eigenvalue weighted by Gasteiger charge is 2.43. The summed E-state index contributed by atoms with van der Waals surface area (Å²) in [4.78, 5) is 2.35. The van der Waals surface area contributed by atoms with Crippen molar-refractivity contribution >= 4 is 16.5 Å². The van der Waals surface area contributed by atoms with Crippen LogP contribution in [-0.4, -0.2) is 13.8 Å². The molecule has 3 aromatic rings. The number of anilines is 1. The van der Waals surface area contributed by atoms with Crippen LogP contribution < -0.4 is 9.64 Å². The van der Waals surface area contributed by atoms with E-state index in [0.29, 0.717) is 6.73 Å². The molecule has 2 atom stereocenters. The summed E-state index contributed by atoms with van der Waals surface area (Å²) in [6.45, 7) is 0.617. The molecule has 0 saturated carbocycles. The highest BCUT2D eigenvalue weighted by Crippen LogP contribution is 2.53. The fourth-order valence-corrected chi connectivity index (χ4v) is 3.98. The zero-order valence-electron chi connectivity index (χ0n) is 12.9. The minimum absolute atomic E-state index is 0.123. The van der Waals surface area contributed by atoms with Crippen LogP contribution in [0.4, 0.5) is 5.69 Å². The van der Waals surface area contributed by atoms with Gasteiger partial charge in [-0.05, 0) is 46.2 Å². The highest BCUT2D eigenvalue weighted by molar-refractivity contribution is 5.92. The van der Waals surface area contributed by atoms with Gasteiger partial charge in [-0.2, -0.15) is 0 Å². The van der Waals surface area contributed by atoms with Crippen LogP contribution in [0.3, 0.4) is 0 Å². The minimum Gasteiger partial charge on any atom is -0.497 e. The quantitative estimate of drug-likeness (QED) is 0.698. The van der Waals surface area contributed by atoms with E-state index in [2.05, 4.69) is 53.4 Å². The van der Waals surface area contributed by atoms with E-state index >= 15 is 0 Å². The van der Waals surface area contributed by atoms with E-state index in [-0.39, 0.29) is 12.1 Å². The lowest BCUT2D eigenvalue weighted by Crippen LogP contribution is -2.22. The largest absolute Gasteiger partial charge is 0.497 e. The molecule has 5 rings (SSSR count). The first-order chi connectivity index (χ1) is 11.4. The van der Waals surface area contributed by atoms with Crippen LogP contribution in [0.1, 0.15) is 23.3 Å². The van der Waals surface area contributed by atoms with E-state index in [0.717, 1.165) is 5.75 Å². The number of rotatable bonds is 2. The van der Waals surface area contributed by atoms with E-state index in [1.165, 1.54) is 27.6 Å². The molecule has 114 valence electrons. The molecule has 3 nitrogen and oxygen atoms in total. The first kappa shape index (κ1) is 13.0. The van der Waals surface area contributed by atoms with Crippen molar-refractivity contribution < 1.29 is 9.47 Å². The normalized spacial score (nSPS) is 21.7. The lowest BCUT2D eigenvalue weighted by molar-refractivity contribution is 0.109. The van der Waals surface area contributed by atoms with Gasteiger partial charge in [0.2, 0.25) is 0 Å². The van der Waals surface area contributed by atoms with Crippen LogP contribution in [0.15, 0.2) is 60.7 Å². The van der Waals surface area contributed by atoms with E-state index in [1.807, 2.05) is 12.1 Å². The molecule has 3 aromatic carbocycles. The van der Waals surface area contributed by atoms with Crippen molar-refractivity contribution in [1.29, 1.82) is 0 Å². The second kappa shape index (κ2) is 4.74. The van der Waals surface area contributed by atoms with Crippen LogP contribution >= 0.6 is 0 Å². The van der Waals surface area contributed by atoms with Crippen LogP contribution in [0.5, 0.6) is 5.75 Å². The number of nitrogens with zero attached hydrogens (tertiary/aromatic N) is 1. The number of methoxy groups -OCH3 is 1. The second-order valence-corrected chi connectivity index (χ2v) is 6.12. The Balaban J connectivity index is 1.63. The van der Waals surface area contributed by atoms with Crippen molar-refractivity contribution in [2.24, 2.45) is 0 Å². The second-order valence-electron chi connectivity index (χ2n) is 6.12. The molecular formula is C20H17NO2. The molecule has 1 heterocycles. The molecule has 0 radical (unpaired) electrons. The van der Waals surface area contributed by atoms with Gasteiger partial charge < -0.3 is 14.4 Å². The third kappa shape index (κ3) is 1.74. The van der Waals surface area contributed by atoms with Crippen molar-refractivity contribution in [2.45, 2.75) is 12.1 Å². The molecule has 2 aliphatic rings. The number of fused-ring (bicyclic) bond motifs is 3. The molecule has 1 aliphatic heterocycles. The van der Waals surface area contributed by atoms with Crippen molar-refractivity contribution in [3.8, 4) is 5.75 Å². The molecule has 0 amide bonds. The Labute approximate surface area is 135 Å². The Kier molecular flexibility index (Phi) is 2.67. The average molecular weight is 303 g/mol. The zero-order valence-corrected chi connectivity index (χ0v) is 12.9. The number of benzene rings is 3. The lowest BCUT2D eigenvalue weighted by Gasteiger charge is -2.25. The van der Waals surface area contributed by atoms with E-state index in [9.17, 15) is 0 Å². The topological polar surface area (TPSA) is 21.7 Å². The third-order valence-corrected chi connectivity index (χ3v) is 5.01. The first-order valence-electron chi connectivity index (χ1n) is 7.90. The molecule has 23 heavy (non-hydrogen) atoms. The van der Waals surface area contributed by atoms with Crippen LogP contribution in [0.25, 0.3) is 10.8 Å². The molecule has 1 saturated heterocycles. The van der Waals surface area contributed by atoms with E-state index in [4.69, 9.17) is 9.47 Å². The molecule has 0 unspecified atom stereocenters. The summed E-state index contributed by atoms with van der Waals surface area (Å²) in [7, 11) is 1.69. The van der Waals surface area contributed by atoms with Crippen LogP contribution in [0.2, 0.25) is 0 Å². The minimum atomic E-state index is 0.123.